The van der Waals surface area contributed by atoms with Crippen LogP contribution in [-0.2, 0) is 44.4 Å². The molecule has 5 heteroatoms. The number of para-hydroxylation sites is 1. The number of phenolic OH excluding ortho intramolecular Hbond substituents is 1. The molecule has 0 unspecified atom stereocenters. The second kappa shape index (κ2) is 21.6. The van der Waals surface area contributed by atoms with E-state index in [1.54, 1.807) is 0 Å². The van der Waals surface area contributed by atoms with Crippen LogP contribution in [0, 0.1) is 12.3 Å². The van der Waals surface area contributed by atoms with Crippen molar-refractivity contribution in [3.63, 3.8) is 0 Å². The quantitative estimate of drug-likeness (QED) is 0.110. The molecule has 0 saturated heterocycles. The Hall–Kier alpha value is -7.13. The molecule has 8 aromatic carbocycles. The molecule has 0 saturated carbocycles. The number of aromatic nitrogens is 3. The number of benzene rings is 8. The van der Waals surface area contributed by atoms with Crippen molar-refractivity contribution in [3.05, 3.63) is 216 Å². The van der Waals surface area contributed by atoms with Gasteiger partial charge in [0.05, 0.1) is 28.5 Å². The van der Waals surface area contributed by atoms with Crippen molar-refractivity contribution < 1.29 is 30.7 Å². The van der Waals surface area contributed by atoms with Gasteiger partial charge < -0.3 is 5.11 Å². The molecule has 2 aromatic heterocycles. The topological polar surface area (TPSA) is 41.9 Å². The number of hydrogen-bond acceptors (Lipinski definition) is 2. The molecule has 0 amide bonds. The predicted octanol–water partition coefficient (Wildman–Crippen LogP) is 19.0. The molecule has 4 nitrogen and oxygen atoms in total. The average molecular weight is 1200 g/mol. The summed E-state index contributed by atoms with van der Waals surface area (Å²) < 4.78 is 4.38. The number of pyridine rings is 1. The van der Waals surface area contributed by atoms with E-state index in [0.29, 0.717) is 23.2 Å². The Kier molecular flexibility index (Phi) is 15.4. The second-order valence-corrected chi connectivity index (χ2v) is 24.8. The fourth-order valence-electron chi connectivity index (χ4n) is 10.9. The number of imidazole rings is 1. The van der Waals surface area contributed by atoms with Crippen molar-refractivity contribution in [3.8, 4) is 89.6 Å². The van der Waals surface area contributed by atoms with Crippen LogP contribution in [0.25, 0.3) is 94.9 Å². The van der Waals surface area contributed by atoms with Crippen LogP contribution < -0.4 is 4.57 Å². The molecule has 0 bridgehead atoms. The number of aromatic hydroxyl groups is 1. The van der Waals surface area contributed by atoms with Crippen LogP contribution in [0.4, 0.5) is 0 Å². The first-order chi connectivity index (χ1) is 36.5. The molecule has 396 valence electrons. The Morgan fingerprint density at radius 1 is 0.487 bits per heavy atom. The maximum atomic E-state index is 12.7. The fraction of sp³-hybridized carbons (Fsp3) is 0.260. The molecule has 0 aliphatic rings. The predicted molar refractivity (Wildman–Crippen MR) is 324 cm³/mol. The molecular weight excluding hydrogens is 1130 g/mol. The van der Waals surface area contributed by atoms with E-state index in [0.717, 1.165) is 77.9 Å². The number of aryl methyl sites for hydroxylation is 1. The van der Waals surface area contributed by atoms with E-state index >= 15 is 0 Å². The first-order valence-electron chi connectivity index (χ1n) is 27.5. The van der Waals surface area contributed by atoms with Gasteiger partial charge in [0.2, 0.25) is 0 Å². The molecule has 10 rings (SSSR count). The Labute approximate surface area is 479 Å². The van der Waals surface area contributed by atoms with Gasteiger partial charge in [0.15, 0.2) is 0 Å². The molecule has 0 aliphatic carbocycles. The number of rotatable bonds is 10. The van der Waals surface area contributed by atoms with E-state index in [4.69, 9.17) is 4.98 Å². The number of fused-ring (bicyclic) bond motifs is 1. The maximum Gasteiger partial charge on any atom is 2.00 e. The second-order valence-electron chi connectivity index (χ2n) is 24.8. The zero-order valence-corrected chi connectivity index (χ0v) is 50.3. The van der Waals surface area contributed by atoms with Crippen LogP contribution in [0.2, 0.25) is 0 Å². The molecule has 2 heterocycles. The summed E-state index contributed by atoms with van der Waals surface area (Å²) in [6.45, 7) is 29.3. The normalized spacial score (nSPS) is 12.2. The van der Waals surface area contributed by atoms with Crippen LogP contribution >= 0.6 is 0 Å². The summed E-state index contributed by atoms with van der Waals surface area (Å²) >= 11 is 0. The van der Waals surface area contributed by atoms with Gasteiger partial charge >= 0.3 is 21.1 Å². The van der Waals surface area contributed by atoms with Gasteiger partial charge in [-0.05, 0) is 108 Å². The van der Waals surface area contributed by atoms with Crippen molar-refractivity contribution in [2.24, 2.45) is 7.05 Å². The van der Waals surface area contributed by atoms with Crippen molar-refractivity contribution in [1.29, 1.82) is 0 Å². The maximum absolute atomic E-state index is 12.7. The summed E-state index contributed by atoms with van der Waals surface area (Å²) in [7, 11) is 2.09. The largest absolute Gasteiger partial charge is 2.00 e. The SMILES string of the molecule is CC(C)c1cc(-c2ccccc2)cc(C(C)C)c1-c1cc(-c2[c-]c(-c3cccc4c3nc(-c3cc(C(C)(C)C)cc(C(C)(C)C)c3O)n4-c3ccc(-c4ccccc4)cc3-c3ccccc3)cc(C(C)(C)C)c2)[c-][n+](C)c1.[Pt+2]. The molecule has 0 fully saturated rings. The number of hydrogen-bond donors (Lipinski definition) is 1. The van der Waals surface area contributed by atoms with Gasteiger partial charge in [-0.15, -0.1) is 22.8 Å². The van der Waals surface area contributed by atoms with E-state index in [2.05, 4.69) is 295 Å². The third-order valence-electron chi connectivity index (χ3n) is 15.2. The zero-order valence-electron chi connectivity index (χ0n) is 48.0. The molecule has 0 atom stereocenters. The Bertz CT molecular complexity index is 3780. The minimum atomic E-state index is -0.351. The first kappa shape index (κ1) is 55.6. The van der Waals surface area contributed by atoms with Gasteiger partial charge in [-0.1, -0.05) is 223 Å². The molecule has 0 spiro atoms. The van der Waals surface area contributed by atoms with E-state index < -0.39 is 0 Å². The first-order valence-corrected chi connectivity index (χ1v) is 27.5. The standard InChI is InChI=1S/C73H74N3O.Pt/c1-46(2)60-40-53(49-27-20-16-21-28-49)41-61(47(3)4)67(60)56-36-55(44-75(14)45-56)52-35-54(38-57(37-52)71(5,6)7)59-31-24-32-66-68(59)74-70(63-42-58(72(8,9)10)43-64(69(63)77)73(11,12)13)76(66)65-34-33-51(48-25-18-15-19-26-48)39-62(65)50-29-22-17-23-30-50;/h15-34,36-43,45-47,77H,1-14H3;/q-1;+2. The Morgan fingerprint density at radius 3 is 1.60 bits per heavy atom. The van der Waals surface area contributed by atoms with Gasteiger partial charge in [-0.2, -0.15) is 23.8 Å². The van der Waals surface area contributed by atoms with Crippen LogP contribution in [0.1, 0.15) is 130 Å². The van der Waals surface area contributed by atoms with E-state index in [9.17, 15) is 5.11 Å². The number of nitrogens with zero attached hydrogens (tertiary/aromatic N) is 3. The van der Waals surface area contributed by atoms with Gasteiger partial charge in [0.25, 0.3) is 0 Å². The average Bonchev–Trinajstić information content (AvgIpc) is 3.93. The Balaban J connectivity index is 0.00000740. The minimum Gasteiger partial charge on any atom is -0.507 e. The Morgan fingerprint density at radius 2 is 1.04 bits per heavy atom. The van der Waals surface area contributed by atoms with Gasteiger partial charge in [0.1, 0.15) is 24.8 Å². The van der Waals surface area contributed by atoms with E-state index in [1.165, 1.54) is 33.4 Å². The van der Waals surface area contributed by atoms with Crippen molar-refractivity contribution in [2.75, 3.05) is 0 Å². The number of phenols is 1. The summed E-state index contributed by atoms with van der Waals surface area (Å²) in [5.74, 6) is 1.50. The van der Waals surface area contributed by atoms with Gasteiger partial charge in [-0.25, -0.2) is 4.98 Å². The van der Waals surface area contributed by atoms with Crippen molar-refractivity contribution >= 4 is 11.0 Å². The molecule has 78 heavy (non-hydrogen) atoms. The smallest absolute Gasteiger partial charge is 0.507 e. The van der Waals surface area contributed by atoms with Crippen LogP contribution in [0.5, 0.6) is 5.75 Å². The van der Waals surface area contributed by atoms with Gasteiger partial charge in [0, 0.05) is 11.1 Å². The van der Waals surface area contributed by atoms with Gasteiger partial charge in [-0.3, -0.25) is 9.13 Å². The minimum absolute atomic E-state index is 0. The fourth-order valence-corrected chi connectivity index (χ4v) is 10.9. The summed E-state index contributed by atoms with van der Waals surface area (Å²) in [6, 6.07) is 65.3. The zero-order chi connectivity index (χ0) is 54.7. The summed E-state index contributed by atoms with van der Waals surface area (Å²) in [5.41, 5.74) is 21.7. The van der Waals surface area contributed by atoms with Crippen LogP contribution in [0.3, 0.4) is 0 Å². The van der Waals surface area contributed by atoms with E-state index in [1.807, 2.05) is 0 Å². The monoisotopic (exact) mass is 1200 g/mol. The molecular formula is C73H74N3OPt+. The van der Waals surface area contributed by atoms with Crippen LogP contribution in [0.15, 0.2) is 176 Å². The summed E-state index contributed by atoms with van der Waals surface area (Å²) in [5, 5.41) is 12.7. The molecule has 0 aliphatic heterocycles. The molecule has 1 N–H and O–H groups in total. The summed E-state index contributed by atoms with van der Waals surface area (Å²) in [4.78, 5) is 5.77. The summed E-state index contributed by atoms with van der Waals surface area (Å²) in [6.07, 6.45) is 5.97. The third-order valence-corrected chi connectivity index (χ3v) is 15.2. The third kappa shape index (κ3) is 11.0. The van der Waals surface area contributed by atoms with Crippen LogP contribution in [-0.4, -0.2) is 14.7 Å². The molecule has 0 radical (unpaired) electrons. The van der Waals surface area contributed by atoms with E-state index in [-0.39, 0.29) is 43.1 Å². The van der Waals surface area contributed by atoms with Crippen molar-refractivity contribution in [1.82, 2.24) is 9.55 Å². The van der Waals surface area contributed by atoms with Crippen molar-refractivity contribution in [2.45, 2.75) is 118 Å². The molecule has 10 aromatic rings.